The van der Waals surface area contributed by atoms with Crippen LogP contribution in [-0.4, -0.2) is 38.4 Å². The summed E-state index contributed by atoms with van der Waals surface area (Å²) in [7, 11) is 3.03. The van der Waals surface area contributed by atoms with Gasteiger partial charge in [-0.25, -0.2) is 0 Å². The van der Waals surface area contributed by atoms with Crippen molar-refractivity contribution in [3.63, 3.8) is 0 Å². The lowest BCUT2D eigenvalue weighted by Gasteiger charge is -2.04. The van der Waals surface area contributed by atoms with E-state index in [1.54, 1.807) is 12.4 Å². The summed E-state index contributed by atoms with van der Waals surface area (Å²) in [4.78, 5) is 7.30. The van der Waals surface area contributed by atoms with Gasteiger partial charge in [0.15, 0.2) is 12.1 Å². The van der Waals surface area contributed by atoms with E-state index in [9.17, 15) is 0 Å². The maximum atomic E-state index is 8.26. The van der Waals surface area contributed by atoms with Gasteiger partial charge in [-0.3, -0.25) is 15.7 Å². The van der Waals surface area contributed by atoms with Crippen LogP contribution >= 0.6 is 0 Å². The molecular formula is C18H31N7O2. The molecule has 0 bridgehead atoms. The SMILES string of the molecule is CC(C)C(=NCC#N)NC#N.COC(=N)C(C)C.COC(=NC#N)C(C)C. The van der Waals surface area contributed by atoms with Gasteiger partial charge in [-0.2, -0.15) is 15.8 Å². The molecule has 0 unspecified atom stereocenters. The van der Waals surface area contributed by atoms with Crippen LogP contribution in [0.1, 0.15) is 41.5 Å². The van der Waals surface area contributed by atoms with Gasteiger partial charge in [0.1, 0.15) is 12.4 Å². The molecule has 0 rings (SSSR count). The summed E-state index contributed by atoms with van der Waals surface area (Å²) in [5.41, 5.74) is 0. The van der Waals surface area contributed by atoms with Gasteiger partial charge in [0.05, 0.1) is 20.3 Å². The van der Waals surface area contributed by atoms with Crippen LogP contribution in [0.2, 0.25) is 0 Å². The van der Waals surface area contributed by atoms with Crippen molar-refractivity contribution in [2.24, 2.45) is 27.7 Å². The first-order valence-electron chi connectivity index (χ1n) is 8.32. The fourth-order valence-corrected chi connectivity index (χ4v) is 1.24. The Morgan fingerprint density at radius 3 is 1.70 bits per heavy atom. The van der Waals surface area contributed by atoms with Crippen molar-refractivity contribution < 1.29 is 9.47 Å². The molecule has 0 aliphatic heterocycles. The van der Waals surface area contributed by atoms with E-state index in [1.807, 2.05) is 47.6 Å². The number of nitriles is 3. The number of amidine groups is 1. The largest absolute Gasteiger partial charge is 0.484 e. The van der Waals surface area contributed by atoms with Gasteiger partial charge in [-0.05, 0) is 0 Å². The van der Waals surface area contributed by atoms with Gasteiger partial charge in [-0.15, -0.1) is 4.99 Å². The molecule has 0 radical (unpaired) electrons. The standard InChI is InChI=1S/C7H10N4.C6H10N2O.C5H11NO/c1-6(2)7(11-5-9)10-4-3-8;1-5(2)6(9-3)8-4-7;1-4(2)5(6)7-3/h6H,4H2,1-2H3,(H,10,11);5H,1-3H3;4,6H,1-3H3. The average molecular weight is 377 g/mol. The fourth-order valence-electron chi connectivity index (χ4n) is 1.24. The summed E-state index contributed by atoms with van der Waals surface area (Å²) in [6.07, 6.45) is 3.43. The molecule has 0 spiro atoms. The highest BCUT2D eigenvalue weighted by Crippen LogP contribution is 1.96. The Balaban J connectivity index is -0.000000329. The van der Waals surface area contributed by atoms with E-state index in [0.717, 1.165) is 0 Å². The minimum Gasteiger partial charge on any atom is -0.484 e. The minimum atomic E-state index is 0.0994. The molecule has 0 aliphatic rings. The Bertz CT molecular complexity index is 588. The van der Waals surface area contributed by atoms with Crippen LogP contribution in [0.15, 0.2) is 9.98 Å². The monoisotopic (exact) mass is 377 g/mol. The van der Waals surface area contributed by atoms with Crippen LogP contribution in [0.25, 0.3) is 0 Å². The van der Waals surface area contributed by atoms with Gasteiger partial charge < -0.3 is 9.47 Å². The van der Waals surface area contributed by atoms with Crippen molar-refractivity contribution in [2.75, 3.05) is 20.8 Å². The first kappa shape index (κ1) is 28.7. The third kappa shape index (κ3) is 19.1. The molecule has 0 heterocycles. The number of methoxy groups -OCH3 is 2. The Hall–Kier alpha value is -3.12. The third-order valence-electron chi connectivity index (χ3n) is 2.66. The second kappa shape index (κ2) is 19.2. The van der Waals surface area contributed by atoms with E-state index in [1.165, 1.54) is 14.2 Å². The van der Waals surface area contributed by atoms with Crippen LogP contribution in [-0.2, 0) is 9.47 Å². The zero-order valence-electron chi connectivity index (χ0n) is 17.5. The maximum Gasteiger partial charge on any atom is 0.208 e. The van der Waals surface area contributed by atoms with E-state index in [2.05, 4.69) is 20.0 Å². The van der Waals surface area contributed by atoms with E-state index in [-0.39, 0.29) is 24.3 Å². The Labute approximate surface area is 162 Å². The summed E-state index contributed by atoms with van der Waals surface area (Å²) in [5.74, 6) is 1.97. The highest BCUT2D eigenvalue weighted by Gasteiger charge is 2.02. The topological polar surface area (TPSA) is 150 Å². The van der Waals surface area contributed by atoms with E-state index in [4.69, 9.17) is 25.9 Å². The average Bonchev–Trinajstić information content (AvgIpc) is 2.62. The number of hydrogen-bond acceptors (Lipinski definition) is 8. The molecule has 0 aromatic heterocycles. The highest BCUT2D eigenvalue weighted by molar-refractivity contribution is 5.85. The predicted octanol–water partition coefficient (Wildman–Crippen LogP) is 3.07. The molecule has 0 atom stereocenters. The molecular weight excluding hydrogens is 346 g/mol. The van der Waals surface area contributed by atoms with Crippen molar-refractivity contribution in [1.82, 2.24) is 5.32 Å². The van der Waals surface area contributed by atoms with Crippen molar-refractivity contribution >= 4 is 17.6 Å². The number of nitrogens with zero attached hydrogens (tertiary/aromatic N) is 5. The Morgan fingerprint density at radius 2 is 1.52 bits per heavy atom. The molecule has 0 amide bonds. The fraction of sp³-hybridized carbons (Fsp3) is 0.667. The second-order valence-electron chi connectivity index (χ2n) is 5.88. The molecule has 0 aromatic rings. The van der Waals surface area contributed by atoms with Gasteiger partial charge in [0.25, 0.3) is 0 Å². The number of rotatable bonds is 4. The molecule has 0 aliphatic carbocycles. The molecule has 0 aromatic carbocycles. The molecule has 0 fully saturated rings. The summed E-state index contributed by atoms with van der Waals surface area (Å²) < 4.78 is 9.37. The van der Waals surface area contributed by atoms with Crippen molar-refractivity contribution in [1.29, 1.82) is 21.2 Å². The predicted molar refractivity (Wildman–Crippen MR) is 106 cm³/mol. The van der Waals surface area contributed by atoms with Gasteiger partial charge in [-0.1, -0.05) is 41.5 Å². The Kier molecular flexibility index (Phi) is 20.4. The summed E-state index contributed by atoms with van der Waals surface area (Å²) in [5, 5.41) is 33.9. The quantitative estimate of drug-likeness (QED) is 0.252. The smallest absolute Gasteiger partial charge is 0.208 e. The second-order valence-corrected chi connectivity index (χ2v) is 5.88. The van der Waals surface area contributed by atoms with Crippen molar-refractivity contribution in [3.05, 3.63) is 0 Å². The minimum absolute atomic E-state index is 0.0994. The Morgan fingerprint density at radius 1 is 0.963 bits per heavy atom. The molecule has 150 valence electrons. The van der Waals surface area contributed by atoms with Crippen LogP contribution in [0.5, 0.6) is 0 Å². The third-order valence-corrected chi connectivity index (χ3v) is 2.66. The van der Waals surface area contributed by atoms with Gasteiger partial charge >= 0.3 is 0 Å². The van der Waals surface area contributed by atoms with Crippen LogP contribution in [0.4, 0.5) is 0 Å². The zero-order valence-corrected chi connectivity index (χ0v) is 17.5. The lowest BCUT2D eigenvalue weighted by Crippen LogP contribution is -2.23. The summed E-state index contributed by atoms with van der Waals surface area (Å²) >= 11 is 0. The maximum absolute atomic E-state index is 8.26. The van der Waals surface area contributed by atoms with Crippen molar-refractivity contribution in [3.8, 4) is 18.5 Å². The number of aliphatic imine (C=N–C) groups is 2. The van der Waals surface area contributed by atoms with Gasteiger partial charge in [0, 0.05) is 17.8 Å². The molecule has 9 heteroatoms. The highest BCUT2D eigenvalue weighted by atomic mass is 16.5. The molecule has 2 N–H and O–H groups in total. The van der Waals surface area contributed by atoms with E-state index in [0.29, 0.717) is 17.6 Å². The number of ether oxygens (including phenoxy) is 2. The molecule has 27 heavy (non-hydrogen) atoms. The molecule has 9 nitrogen and oxygen atoms in total. The van der Waals surface area contributed by atoms with Crippen molar-refractivity contribution in [2.45, 2.75) is 41.5 Å². The first-order valence-corrected chi connectivity index (χ1v) is 8.32. The lowest BCUT2D eigenvalue weighted by molar-refractivity contribution is 0.371. The summed E-state index contributed by atoms with van der Waals surface area (Å²) in [6, 6.07) is 1.87. The number of nitrogens with one attached hydrogen (secondary N) is 2. The van der Waals surface area contributed by atoms with E-state index >= 15 is 0 Å². The van der Waals surface area contributed by atoms with E-state index < -0.39 is 0 Å². The van der Waals surface area contributed by atoms with Gasteiger partial charge in [0.2, 0.25) is 12.1 Å². The zero-order chi connectivity index (χ0) is 21.8. The van der Waals surface area contributed by atoms with Crippen LogP contribution in [0, 0.1) is 57.4 Å². The number of hydrogen-bond donors (Lipinski definition) is 2. The lowest BCUT2D eigenvalue weighted by atomic mass is 10.2. The van der Waals surface area contributed by atoms with Crippen LogP contribution < -0.4 is 5.32 Å². The summed E-state index contributed by atoms with van der Waals surface area (Å²) in [6.45, 7) is 11.6. The molecule has 0 saturated heterocycles. The van der Waals surface area contributed by atoms with Crippen LogP contribution in [0.3, 0.4) is 0 Å². The molecule has 0 saturated carbocycles. The normalized spacial score (nSPS) is 10.4. The first-order chi connectivity index (χ1) is 12.6.